The highest BCUT2D eigenvalue weighted by Gasteiger charge is 2.10. The van der Waals surface area contributed by atoms with Crippen LogP contribution < -0.4 is 0 Å². The van der Waals surface area contributed by atoms with Crippen LogP contribution in [0.25, 0.3) is 0 Å². The highest BCUT2D eigenvalue weighted by atomic mass is 16.7. The highest BCUT2D eigenvalue weighted by molar-refractivity contribution is 5.22. The topological polar surface area (TPSA) is 18.5 Å². The van der Waals surface area contributed by atoms with Crippen LogP contribution in [0, 0.1) is 6.92 Å². The monoisotopic (exact) mass is 218 g/mol. The molecule has 0 aliphatic rings. The number of benzene rings is 1. The number of rotatable bonds is 7. The quantitative estimate of drug-likeness (QED) is 0.516. The van der Waals surface area contributed by atoms with Crippen molar-refractivity contribution in [3.63, 3.8) is 0 Å². The molecular weight excluding hydrogens is 200 g/mol. The maximum absolute atomic E-state index is 5.53. The van der Waals surface area contributed by atoms with Gasteiger partial charge in [-0.25, -0.2) is 0 Å². The van der Waals surface area contributed by atoms with Gasteiger partial charge in [0.1, 0.15) is 0 Å². The Hall–Kier alpha value is -1.38. The van der Waals surface area contributed by atoms with Crippen molar-refractivity contribution in [3.05, 3.63) is 60.7 Å². The Morgan fingerprint density at radius 2 is 1.56 bits per heavy atom. The second-order valence-corrected chi connectivity index (χ2v) is 3.49. The van der Waals surface area contributed by atoms with E-state index in [4.69, 9.17) is 9.47 Å². The van der Waals surface area contributed by atoms with Gasteiger partial charge in [0.25, 0.3) is 0 Å². The van der Waals surface area contributed by atoms with E-state index in [0.717, 1.165) is 5.56 Å². The first-order chi connectivity index (χ1) is 7.77. The molecule has 0 saturated carbocycles. The molecule has 0 unspecified atom stereocenters. The van der Waals surface area contributed by atoms with E-state index in [-0.39, 0.29) is 6.29 Å². The second kappa shape index (κ2) is 6.99. The fraction of sp³-hybridized carbons (Fsp3) is 0.286. The fourth-order valence-corrected chi connectivity index (χ4v) is 1.28. The fourth-order valence-electron chi connectivity index (χ4n) is 1.28. The van der Waals surface area contributed by atoms with Crippen LogP contribution in [0.1, 0.15) is 17.4 Å². The molecule has 0 fully saturated rings. The van der Waals surface area contributed by atoms with E-state index in [1.165, 1.54) is 5.56 Å². The van der Waals surface area contributed by atoms with Crippen LogP contribution in [0.4, 0.5) is 0 Å². The van der Waals surface area contributed by atoms with Crippen molar-refractivity contribution in [2.75, 3.05) is 13.2 Å². The molecule has 0 aliphatic heterocycles. The zero-order chi connectivity index (χ0) is 11.8. The molecule has 0 N–H and O–H groups in total. The lowest BCUT2D eigenvalue weighted by atomic mass is 10.1. The molecule has 2 nitrogen and oxygen atoms in total. The lowest BCUT2D eigenvalue weighted by molar-refractivity contribution is -0.131. The minimum atomic E-state index is -0.350. The van der Waals surface area contributed by atoms with Gasteiger partial charge in [-0.15, -0.1) is 13.2 Å². The zero-order valence-corrected chi connectivity index (χ0v) is 9.69. The minimum Gasteiger partial charge on any atom is -0.344 e. The molecule has 0 atom stereocenters. The van der Waals surface area contributed by atoms with Crippen LogP contribution in [-0.2, 0) is 9.47 Å². The Bertz CT molecular complexity index is 315. The second-order valence-electron chi connectivity index (χ2n) is 3.49. The summed E-state index contributed by atoms with van der Waals surface area (Å²) in [5.41, 5.74) is 2.23. The van der Waals surface area contributed by atoms with Gasteiger partial charge in [-0.3, -0.25) is 0 Å². The van der Waals surface area contributed by atoms with Crippen molar-refractivity contribution in [3.8, 4) is 0 Å². The van der Waals surface area contributed by atoms with Crippen molar-refractivity contribution in [2.45, 2.75) is 13.2 Å². The van der Waals surface area contributed by atoms with Crippen molar-refractivity contribution < 1.29 is 9.47 Å². The van der Waals surface area contributed by atoms with Gasteiger partial charge < -0.3 is 9.47 Å². The summed E-state index contributed by atoms with van der Waals surface area (Å²) in [6.45, 7) is 10.2. The van der Waals surface area contributed by atoms with Crippen LogP contribution in [-0.4, -0.2) is 13.2 Å². The molecule has 0 radical (unpaired) electrons. The van der Waals surface area contributed by atoms with E-state index in [1.54, 1.807) is 12.2 Å². The molecule has 86 valence electrons. The standard InChI is InChI=1S/C14H18O2/c1-4-10-15-14(16-11-5-2)13-8-6-12(3)7-9-13/h4-9,14H,1-2,10-11H2,3H3. The number of ether oxygens (including phenoxy) is 2. The van der Waals surface area contributed by atoms with Gasteiger partial charge >= 0.3 is 0 Å². The lowest BCUT2D eigenvalue weighted by Crippen LogP contribution is -2.09. The number of hydrogen-bond donors (Lipinski definition) is 0. The Balaban J connectivity index is 2.69. The summed E-state index contributed by atoms with van der Waals surface area (Å²) in [5, 5.41) is 0. The maximum atomic E-state index is 5.53. The molecular formula is C14H18O2. The summed E-state index contributed by atoms with van der Waals surface area (Å²) in [7, 11) is 0. The molecule has 2 heteroatoms. The smallest absolute Gasteiger partial charge is 0.184 e. The van der Waals surface area contributed by atoms with E-state index in [1.807, 2.05) is 31.2 Å². The van der Waals surface area contributed by atoms with E-state index in [0.29, 0.717) is 13.2 Å². The van der Waals surface area contributed by atoms with Gasteiger partial charge in [0, 0.05) is 5.56 Å². The Kier molecular flexibility index (Phi) is 5.54. The average Bonchev–Trinajstić information content (AvgIpc) is 2.31. The molecule has 0 saturated heterocycles. The normalized spacial score (nSPS) is 10.4. The summed E-state index contributed by atoms with van der Waals surface area (Å²) in [6.07, 6.45) is 3.06. The van der Waals surface area contributed by atoms with Gasteiger partial charge in [0.05, 0.1) is 13.2 Å². The minimum absolute atomic E-state index is 0.350. The molecule has 0 aromatic heterocycles. The Labute approximate surface area is 97.2 Å². The molecule has 0 aliphatic carbocycles. The largest absolute Gasteiger partial charge is 0.344 e. The molecule has 1 rings (SSSR count). The van der Waals surface area contributed by atoms with Crippen molar-refractivity contribution in [1.29, 1.82) is 0 Å². The Morgan fingerprint density at radius 1 is 1.06 bits per heavy atom. The van der Waals surface area contributed by atoms with Crippen LogP contribution in [0.3, 0.4) is 0 Å². The first-order valence-electron chi connectivity index (χ1n) is 5.29. The van der Waals surface area contributed by atoms with Crippen LogP contribution in [0.5, 0.6) is 0 Å². The maximum Gasteiger partial charge on any atom is 0.184 e. The van der Waals surface area contributed by atoms with E-state index >= 15 is 0 Å². The molecule has 16 heavy (non-hydrogen) atoms. The SMILES string of the molecule is C=CCOC(OCC=C)c1ccc(C)cc1. The van der Waals surface area contributed by atoms with Crippen LogP contribution >= 0.6 is 0 Å². The molecule has 0 heterocycles. The summed E-state index contributed by atoms with van der Waals surface area (Å²) in [6, 6.07) is 8.09. The third kappa shape index (κ3) is 4.01. The zero-order valence-electron chi connectivity index (χ0n) is 9.69. The predicted molar refractivity (Wildman–Crippen MR) is 66.2 cm³/mol. The molecule has 0 bridgehead atoms. The molecule has 1 aromatic rings. The molecule has 0 amide bonds. The van der Waals surface area contributed by atoms with Gasteiger partial charge in [-0.05, 0) is 6.92 Å². The van der Waals surface area contributed by atoms with E-state index < -0.39 is 0 Å². The van der Waals surface area contributed by atoms with Gasteiger partial charge in [0.15, 0.2) is 6.29 Å². The first-order valence-corrected chi connectivity index (χ1v) is 5.29. The van der Waals surface area contributed by atoms with Crippen LogP contribution in [0.2, 0.25) is 0 Å². The molecule has 0 spiro atoms. The predicted octanol–water partition coefficient (Wildman–Crippen LogP) is 3.40. The first kappa shape index (κ1) is 12.7. The van der Waals surface area contributed by atoms with Gasteiger partial charge in [-0.2, -0.15) is 0 Å². The third-order valence-corrected chi connectivity index (χ3v) is 2.08. The molecule has 1 aromatic carbocycles. The van der Waals surface area contributed by atoms with Gasteiger partial charge in [-0.1, -0.05) is 42.0 Å². The van der Waals surface area contributed by atoms with Crippen LogP contribution in [0.15, 0.2) is 49.6 Å². The summed E-state index contributed by atoms with van der Waals surface area (Å²) in [4.78, 5) is 0. The Morgan fingerprint density at radius 3 is 2.00 bits per heavy atom. The third-order valence-electron chi connectivity index (χ3n) is 2.08. The van der Waals surface area contributed by atoms with E-state index in [9.17, 15) is 0 Å². The summed E-state index contributed by atoms with van der Waals surface area (Å²) < 4.78 is 11.1. The van der Waals surface area contributed by atoms with Crippen molar-refractivity contribution in [2.24, 2.45) is 0 Å². The van der Waals surface area contributed by atoms with Crippen molar-refractivity contribution in [1.82, 2.24) is 0 Å². The number of aryl methyl sites for hydroxylation is 1. The lowest BCUT2D eigenvalue weighted by Gasteiger charge is -2.17. The van der Waals surface area contributed by atoms with Gasteiger partial charge in [0.2, 0.25) is 0 Å². The summed E-state index contributed by atoms with van der Waals surface area (Å²) in [5.74, 6) is 0. The highest BCUT2D eigenvalue weighted by Crippen LogP contribution is 2.19. The number of hydrogen-bond acceptors (Lipinski definition) is 2. The van der Waals surface area contributed by atoms with Crippen molar-refractivity contribution >= 4 is 0 Å². The average molecular weight is 218 g/mol. The summed E-state index contributed by atoms with van der Waals surface area (Å²) >= 11 is 0. The van der Waals surface area contributed by atoms with E-state index in [2.05, 4.69) is 13.2 Å².